The summed E-state index contributed by atoms with van der Waals surface area (Å²) in [5.74, 6) is -2.97. The molecule has 0 saturated heterocycles. The number of halogens is 3. The lowest BCUT2D eigenvalue weighted by Gasteiger charge is -2.24. The highest BCUT2D eigenvalue weighted by Crippen LogP contribution is 2.38. The van der Waals surface area contributed by atoms with Gasteiger partial charge in [-0.1, -0.05) is 30.9 Å². The average Bonchev–Trinajstić information content (AvgIpc) is 2.69. The molecule has 0 bridgehead atoms. The number of primary amides is 1. The first kappa shape index (κ1) is 21.0. The number of hydrogen-bond donors (Lipinski definition) is 2. The van der Waals surface area contributed by atoms with Crippen LogP contribution in [0.1, 0.15) is 53.9 Å². The Labute approximate surface area is 172 Å². The summed E-state index contributed by atoms with van der Waals surface area (Å²) in [6, 6.07) is 6.60. The van der Waals surface area contributed by atoms with Crippen molar-refractivity contribution in [1.29, 1.82) is 0 Å². The van der Waals surface area contributed by atoms with E-state index in [2.05, 4.69) is 5.32 Å². The predicted octanol–water partition coefficient (Wildman–Crippen LogP) is 4.78. The van der Waals surface area contributed by atoms with Gasteiger partial charge in [0.2, 0.25) is 0 Å². The summed E-state index contributed by atoms with van der Waals surface area (Å²) in [5, 5.41) is 2.87. The molecule has 8 heteroatoms. The van der Waals surface area contributed by atoms with Gasteiger partial charge in [0.15, 0.2) is 6.61 Å². The van der Waals surface area contributed by atoms with E-state index in [1.54, 1.807) is 12.1 Å². The Balaban J connectivity index is 1.70. The predicted molar refractivity (Wildman–Crippen MR) is 106 cm³/mol. The second kappa shape index (κ2) is 9.22. The van der Waals surface area contributed by atoms with Crippen LogP contribution in [0.25, 0.3) is 0 Å². The number of amides is 2. The molecule has 2 aromatic rings. The molecule has 2 amide bonds. The molecule has 0 atom stereocenters. The number of ether oxygens (including phenoxy) is 1. The summed E-state index contributed by atoms with van der Waals surface area (Å²) < 4.78 is 33.1. The molecule has 0 radical (unpaired) electrons. The third kappa shape index (κ3) is 5.23. The molecule has 29 heavy (non-hydrogen) atoms. The zero-order chi connectivity index (χ0) is 21.0. The van der Waals surface area contributed by atoms with Crippen molar-refractivity contribution in [1.82, 2.24) is 0 Å². The summed E-state index contributed by atoms with van der Waals surface area (Å²) in [6.45, 7) is -0.385. The van der Waals surface area contributed by atoms with Gasteiger partial charge in [-0.2, -0.15) is 0 Å². The number of anilines is 1. The molecule has 154 valence electrons. The minimum absolute atomic E-state index is 0.313. The van der Waals surface area contributed by atoms with E-state index in [0.717, 1.165) is 37.3 Å². The minimum Gasteiger partial charge on any atom is -0.483 e. The average molecular weight is 423 g/mol. The zero-order valence-corrected chi connectivity index (χ0v) is 16.4. The second-order valence-corrected chi connectivity index (χ2v) is 7.47. The maximum Gasteiger partial charge on any atom is 0.262 e. The van der Waals surface area contributed by atoms with Crippen LogP contribution in [0.15, 0.2) is 30.3 Å². The Morgan fingerprint density at radius 2 is 1.83 bits per heavy atom. The first-order valence-electron chi connectivity index (χ1n) is 9.36. The number of nitrogens with two attached hydrogens (primary N) is 1. The molecule has 1 fully saturated rings. The third-order valence-corrected chi connectivity index (χ3v) is 5.21. The molecule has 0 heterocycles. The Bertz CT molecular complexity index is 930. The molecular formula is C21H21ClF2N2O3. The quantitative estimate of drug-likeness (QED) is 0.702. The molecule has 0 aromatic heterocycles. The number of nitrogens with one attached hydrogen (secondary N) is 1. The van der Waals surface area contributed by atoms with E-state index in [9.17, 15) is 18.4 Å². The molecule has 3 N–H and O–H groups in total. The van der Waals surface area contributed by atoms with Gasteiger partial charge in [0.25, 0.3) is 11.8 Å². The van der Waals surface area contributed by atoms with Gasteiger partial charge in [0.1, 0.15) is 17.4 Å². The molecule has 0 aliphatic heterocycles. The lowest BCUT2D eigenvalue weighted by atomic mass is 9.84. The molecule has 2 aromatic carbocycles. The smallest absolute Gasteiger partial charge is 0.262 e. The number of benzene rings is 2. The first-order valence-corrected chi connectivity index (χ1v) is 9.74. The van der Waals surface area contributed by atoms with Crippen LogP contribution >= 0.6 is 11.6 Å². The van der Waals surface area contributed by atoms with Crippen molar-refractivity contribution in [2.45, 2.75) is 38.0 Å². The highest BCUT2D eigenvalue weighted by Gasteiger charge is 2.21. The van der Waals surface area contributed by atoms with Crippen molar-refractivity contribution in [3.8, 4) is 5.75 Å². The van der Waals surface area contributed by atoms with E-state index in [1.165, 1.54) is 6.42 Å². The van der Waals surface area contributed by atoms with Gasteiger partial charge in [0.05, 0.1) is 11.3 Å². The summed E-state index contributed by atoms with van der Waals surface area (Å²) in [6.07, 6.45) is 5.51. The molecule has 3 rings (SSSR count). The van der Waals surface area contributed by atoms with Crippen LogP contribution in [-0.2, 0) is 4.79 Å². The van der Waals surface area contributed by atoms with Crippen molar-refractivity contribution in [2.24, 2.45) is 5.73 Å². The second-order valence-electron chi connectivity index (χ2n) is 7.03. The number of rotatable bonds is 6. The normalized spacial score (nSPS) is 14.4. The largest absolute Gasteiger partial charge is 0.483 e. The fraction of sp³-hybridized carbons (Fsp3) is 0.333. The van der Waals surface area contributed by atoms with Gasteiger partial charge < -0.3 is 15.8 Å². The third-order valence-electron chi connectivity index (χ3n) is 4.97. The Kier molecular flexibility index (Phi) is 6.69. The molecule has 0 spiro atoms. The maximum atomic E-state index is 13.9. The van der Waals surface area contributed by atoms with Crippen LogP contribution in [0.5, 0.6) is 5.75 Å². The van der Waals surface area contributed by atoms with Gasteiger partial charge in [-0.15, -0.1) is 0 Å². The van der Waals surface area contributed by atoms with Crippen molar-refractivity contribution in [2.75, 3.05) is 11.9 Å². The Morgan fingerprint density at radius 1 is 1.10 bits per heavy atom. The fourth-order valence-corrected chi connectivity index (χ4v) is 3.73. The minimum atomic E-state index is -1.09. The summed E-state index contributed by atoms with van der Waals surface area (Å²) >= 11 is 6.13. The summed E-state index contributed by atoms with van der Waals surface area (Å²) in [5.41, 5.74) is 5.14. The lowest BCUT2D eigenvalue weighted by molar-refractivity contribution is -0.118. The molecule has 1 aliphatic carbocycles. The summed E-state index contributed by atoms with van der Waals surface area (Å²) in [7, 11) is 0. The highest BCUT2D eigenvalue weighted by molar-refractivity contribution is 6.30. The monoisotopic (exact) mass is 422 g/mol. The van der Waals surface area contributed by atoms with Crippen molar-refractivity contribution in [3.63, 3.8) is 0 Å². The van der Waals surface area contributed by atoms with Crippen LogP contribution in [0.4, 0.5) is 14.5 Å². The molecule has 0 unspecified atom stereocenters. The van der Waals surface area contributed by atoms with E-state index in [1.807, 2.05) is 6.07 Å². The Morgan fingerprint density at radius 3 is 2.52 bits per heavy atom. The number of carbonyl (C=O) groups is 2. The van der Waals surface area contributed by atoms with Gasteiger partial charge >= 0.3 is 0 Å². The fourth-order valence-electron chi connectivity index (χ4n) is 3.55. The van der Waals surface area contributed by atoms with E-state index in [4.69, 9.17) is 22.1 Å². The first-order chi connectivity index (χ1) is 13.8. The van der Waals surface area contributed by atoms with Gasteiger partial charge in [-0.05, 0) is 48.6 Å². The van der Waals surface area contributed by atoms with Crippen molar-refractivity contribution < 1.29 is 23.1 Å². The standard InChI is InChI=1S/C21H21ClF2N2O3/c22-13-6-7-19(14(8-13)12-4-2-1-3-5-12)29-11-20(27)26-18-9-15(21(25)28)16(23)10-17(18)24/h6-10,12H,1-5,11H2,(H2,25,28)(H,26,27). The molecular weight excluding hydrogens is 402 g/mol. The van der Waals surface area contributed by atoms with Crippen LogP contribution in [0.2, 0.25) is 5.02 Å². The highest BCUT2D eigenvalue weighted by atomic mass is 35.5. The maximum absolute atomic E-state index is 13.9. The topological polar surface area (TPSA) is 81.4 Å². The van der Waals surface area contributed by atoms with E-state index < -0.39 is 29.0 Å². The summed E-state index contributed by atoms with van der Waals surface area (Å²) in [4.78, 5) is 23.4. The molecule has 5 nitrogen and oxygen atoms in total. The van der Waals surface area contributed by atoms with E-state index in [-0.39, 0.29) is 12.3 Å². The van der Waals surface area contributed by atoms with Crippen LogP contribution in [0, 0.1) is 11.6 Å². The van der Waals surface area contributed by atoms with E-state index >= 15 is 0 Å². The van der Waals surface area contributed by atoms with Crippen LogP contribution in [0.3, 0.4) is 0 Å². The Hall–Kier alpha value is -2.67. The number of carbonyl (C=O) groups excluding carboxylic acids is 2. The SMILES string of the molecule is NC(=O)c1cc(NC(=O)COc2ccc(Cl)cc2C2CCCCC2)c(F)cc1F. The van der Waals surface area contributed by atoms with Crippen molar-refractivity contribution >= 4 is 29.1 Å². The molecule has 1 saturated carbocycles. The number of hydrogen-bond acceptors (Lipinski definition) is 3. The van der Waals surface area contributed by atoms with Crippen LogP contribution in [-0.4, -0.2) is 18.4 Å². The van der Waals surface area contributed by atoms with Crippen LogP contribution < -0.4 is 15.8 Å². The lowest BCUT2D eigenvalue weighted by Crippen LogP contribution is -2.22. The van der Waals surface area contributed by atoms with Gasteiger partial charge in [-0.25, -0.2) is 8.78 Å². The van der Waals surface area contributed by atoms with Gasteiger partial charge in [0, 0.05) is 11.1 Å². The van der Waals surface area contributed by atoms with Gasteiger partial charge in [-0.3, -0.25) is 9.59 Å². The van der Waals surface area contributed by atoms with E-state index in [0.29, 0.717) is 22.8 Å². The molecule has 1 aliphatic rings. The van der Waals surface area contributed by atoms with Crippen molar-refractivity contribution in [3.05, 3.63) is 58.1 Å². The zero-order valence-electron chi connectivity index (χ0n) is 15.6.